The molecule has 0 unspecified atom stereocenters. The Morgan fingerprint density at radius 1 is 0.857 bits per heavy atom. The van der Waals surface area contributed by atoms with Gasteiger partial charge in [0.2, 0.25) is 13.6 Å². The number of Topliss-reactive ketones (excluding diaryl/α,β-unsaturated/α-hetero) is 1. The maximum atomic E-state index is 13.3. The van der Waals surface area contributed by atoms with E-state index < -0.39 is 0 Å². The number of rotatable bonds is 2. The summed E-state index contributed by atoms with van der Waals surface area (Å²) in [5.41, 5.74) is 3.34. The zero-order valence-corrected chi connectivity index (χ0v) is 15.6. The van der Waals surface area contributed by atoms with Gasteiger partial charge in [0, 0.05) is 22.3 Å². The summed E-state index contributed by atoms with van der Waals surface area (Å²) in [5, 5.41) is 0. The molecule has 2 aliphatic heterocycles. The smallest absolute Gasteiger partial charge is 0.231 e. The SMILES string of the molecule is C[C@H]1CC/C(=C\c2cccc3c2OCO3)C(=O)/C1=C/c1cccc2c1OCO2. The van der Waals surface area contributed by atoms with Gasteiger partial charge in [0.05, 0.1) is 0 Å². The Hall–Kier alpha value is -3.21. The van der Waals surface area contributed by atoms with E-state index in [1.807, 2.05) is 48.6 Å². The van der Waals surface area contributed by atoms with Crippen LogP contribution >= 0.6 is 0 Å². The first kappa shape index (κ1) is 16.9. The number of para-hydroxylation sites is 2. The van der Waals surface area contributed by atoms with E-state index in [-0.39, 0.29) is 25.3 Å². The third-order valence-electron chi connectivity index (χ3n) is 5.43. The van der Waals surface area contributed by atoms with Crippen molar-refractivity contribution in [2.75, 3.05) is 13.6 Å². The Bertz CT molecular complexity index is 1020. The fourth-order valence-corrected chi connectivity index (χ4v) is 3.88. The summed E-state index contributed by atoms with van der Waals surface area (Å²) in [5.74, 6) is 3.11. The molecule has 2 aromatic rings. The third-order valence-corrected chi connectivity index (χ3v) is 5.43. The maximum Gasteiger partial charge on any atom is 0.231 e. The molecule has 5 rings (SSSR count). The summed E-state index contributed by atoms with van der Waals surface area (Å²) in [6, 6.07) is 11.5. The van der Waals surface area contributed by atoms with Crippen molar-refractivity contribution in [1.29, 1.82) is 0 Å². The Morgan fingerprint density at radius 3 is 2.11 bits per heavy atom. The van der Waals surface area contributed by atoms with Crippen LogP contribution in [-0.4, -0.2) is 19.4 Å². The van der Waals surface area contributed by atoms with E-state index in [1.165, 1.54) is 0 Å². The Kier molecular flexibility index (Phi) is 4.08. The van der Waals surface area contributed by atoms with Crippen LogP contribution in [0.25, 0.3) is 12.2 Å². The fourth-order valence-electron chi connectivity index (χ4n) is 3.88. The molecule has 5 nitrogen and oxygen atoms in total. The molecule has 2 aromatic carbocycles. The molecule has 28 heavy (non-hydrogen) atoms. The van der Waals surface area contributed by atoms with Crippen LogP contribution in [0.2, 0.25) is 0 Å². The molecule has 0 N–H and O–H groups in total. The quantitative estimate of drug-likeness (QED) is 0.717. The van der Waals surface area contributed by atoms with Gasteiger partial charge in [-0.25, -0.2) is 0 Å². The van der Waals surface area contributed by atoms with Gasteiger partial charge < -0.3 is 18.9 Å². The molecule has 1 atom stereocenters. The minimum absolute atomic E-state index is 0.0757. The average molecular weight is 376 g/mol. The molecule has 1 fully saturated rings. The van der Waals surface area contributed by atoms with Gasteiger partial charge in [-0.2, -0.15) is 0 Å². The minimum Gasteiger partial charge on any atom is -0.454 e. The van der Waals surface area contributed by atoms with Crippen molar-refractivity contribution in [3.8, 4) is 23.0 Å². The minimum atomic E-state index is 0.0757. The van der Waals surface area contributed by atoms with Gasteiger partial charge in [-0.15, -0.1) is 0 Å². The van der Waals surface area contributed by atoms with Crippen LogP contribution < -0.4 is 18.9 Å². The summed E-state index contributed by atoms with van der Waals surface area (Å²) in [6.45, 7) is 2.52. The highest BCUT2D eigenvalue weighted by molar-refractivity contribution is 6.14. The van der Waals surface area contributed by atoms with Crippen molar-refractivity contribution >= 4 is 17.9 Å². The van der Waals surface area contributed by atoms with E-state index in [9.17, 15) is 4.79 Å². The molecule has 0 amide bonds. The van der Waals surface area contributed by atoms with Crippen molar-refractivity contribution in [2.24, 2.45) is 5.92 Å². The molecule has 2 heterocycles. The first-order valence-electron chi connectivity index (χ1n) is 9.45. The molecule has 5 heteroatoms. The standard InChI is InChI=1S/C23H20O5/c1-14-8-9-15(10-16-4-2-6-19-22(16)27-12-25-19)21(24)18(14)11-17-5-3-7-20-23(17)28-13-26-20/h2-7,10-11,14H,8-9,12-13H2,1H3/b15-10+,18-11+/t14-/m0/s1. The lowest BCUT2D eigenvalue weighted by molar-refractivity contribution is -0.113. The molecule has 3 aliphatic rings. The highest BCUT2D eigenvalue weighted by Crippen LogP contribution is 2.41. The zero-order valence-electron chi connectivity index (χ0n) is 15.6. The van der Waals surface area contributed by atoms with Crippen molar-refractivity contribution in [3.63, 3.8) is 0 Å². The lowest BCUT2D eigenvalue weighted by Gasteiger charge is -2.23. The monoisotopic (exact) mass is 376 g/mol. The second-order valence-electron chi connectivity index (χ2n) is 7.20. The van der Waals surface area contributed by atoms with Gasteiger partial charge >= 0.3 is 0 Å². The molecule has 0 radical (unpaired) electrons. The lowest BCUT2D eigenvalue weighted by Crippen LogP contribution is -2.19. The molecule has 0 bridgehead atoms. The van der Waals surface area contributed by atoms with E-state index in [2.05, 4.69) is 6.92 Å². The average Bonchev–Trinajstić information content (AvgIpc) is 3.37. The van der Waals surface area contributed by atoms with E-state index in [0.717, 1.165) is 46.6 Å². The molecule has 0 saturated heterocycles. The van der Waals surface area contributed by atoms with Crippen LogP contribution in [0, 0.1) is 5.92 Å². The summed E-state index contributed by atoms with van der Waals surface area (Å²) in [7, 11) is 0. The number of carbonyl (C=O) groups is 1. The lowest BCUT2D eigenvalue weighted by atomic mass is 9.80. The van der Waals surface area contributed by atoms with E-state index in [4.69, 9.17) is 18.9 Å². The zero-order chi connectivity index (χ0) is 19.1. The van der Waals surface area contributed by atoms with Gasteiger partial charge in [0.25, 0.3) is 0 Å². The van der Waals surface area contributed by atoms with Crippen molar-refractivity contribution < 1.29 is 23.7 Å². The number of fused-ring (bicyclic) bond motifs is 2. The summed E-state index contributed by atoms with van der Waals surface area (Å²) >= 11 is 0. The Balaban J connectivity index is 1.52. The second kappa shape index (κ2) is 6.75. The van der Waals surface area contributed by atoms with Crippen LogP contribution in [0.5, 0.6) is 23.0 Å². The van der Waals surface area contributed by atoms with Gasteiger partial charge in [0.1, 0.15) is 0 Å². The van der Waals surface area contributed by atoms with Crippen LogP contribution in [-0.2, 0) is 4.79 Å². The summed E-state index contributed by atoms with van der Waals surface area (Å²) in [6.07, 6.45) is 5.55. The highest BCUT2D eigenvalue weighted by Gasteiger charge is 2.28. The molecule has 0 aromatic heterocycles. The van der Waals surface area contributed by atoms with E-state index >= 15 is 0 Å². The van der Waals surface area contributed by atoms with E-state index in [0.29, 0.717) is 11.5 Å². The van der Waals surface area contributed by atoms with Crippen molar-refractivity contribution in [1.82, 2.24) is 0 Å². The molecule has 1 saturated carbocycles. The maximum absolute atomic E-state index is 13.3. The summed E-state index contributed by atoms with van der Waals surface area (Å²) in [4.78, 5) is 13.3. The second-order valence-corrected chi connectivity index (χ2v) is 7.20. The van der Waals surface area contributed by atoms with Crippen LogP contribution in [0.4, 0.5) is 0 Å². The van der Waals surface area contributed by atoms with E-state index in [1.54, 1.807) is 0 Å². The third kappa shape index (κ3) is 2.83. The number of benzene rings is 2. The number of ether oxygens (including phenoxy) is 4. The van der Waals surface area contributed by atoms with Gasteiger partial charge in [-0.05, 0) is 43.0 Å². The van der Waals surface area contributed by atoms with Crippen LogP contribution in [0.1, 0.15) is 30.9 Å². The predicted octanol–water partition coefficient (Wildman–Crippen LogP) is 4.61. The topological polar surface area (TPSA) is 54.0 Å². The molecule has 0 spiro atoms. The number of allylic oxidation sites excluding steroid dienone is 2. The van der Waals surface area contributed by atoms with Gasteiger partial charge in [-0.1, -0.05) is 31.2 Å². The number of hydrogen-bond donors (Lipinski definition) is 0. The van der Waals surface area contributed by atoms with Gasteiger partial charge in [-0.3, -0.25) is 4.79 Å². The highest BCUT2D eigenvalue weighted by atomic mass is 16.7. The number of carbonyl (C=O) groups excluding carboxylic acids is 1. The molecular formula is C23H20O5. The van der Waals surface area contributed by atoms with Crippen molar-refractivity contribution in [3.05, 3.63) is 58.7 Å². The normalized spacial score (nSPS) is 22.9. The number of ketones is 1. The Morgan fingerprint density at radius 2 is 1.46 bits per heavy atom. The predicted molar refractivity (Wildman–Crippen MR) is 104 cm³/mol. The fraction of sp³-hybridized carbons (Fsp3) is 0.261. The van der Waals surface area contributed by atoms with Crippen LogP contribution in [0.15, 0.2) is 47.5 Å². The van der Waals surface area contributed by atoms with Crippen molar-refractivity contribution in [2.45, 2.75) is 19.8 Å². The summed E-state index contributed by atoms with van der Waals surface area (Å²) < 4.78 is 22.1. The molecular weight excluding hydrogens is 356 g/mol. The van der Waals surface area contributed by atoms with Gasteiger partial charge in [0.15, 0.2) is 28.8 Å². The largest absolute Gasteiger partial charge is 0.454 e. The first-order chi connectivity index (χ1) is 13.7. The van der Waals surface area contributed by atoms with Crippen LogP contribution in [0.3, 0.4) is 0 Å². The molecule has 142 valence electrons. The Labute approximate surface area is 163 Å². The number of hydrogen-bond acceptors (Lipinski definition) is 5. The molecule has 1 aliphatic carbocycles. The first-order valence-corrected chi connectivity index (χ1v) is 9.45.